The van der Waals surface area contributed by atoms with Gasteiger partial charge in [0.1, 0.15) is 22.8 Å². The van der Waals surface area contributed by atoms with E-state index in [1.807, 2.05) is 0 Å². The highest BCUT2D eigenvalue weighted by Gasteiger charge is 2.46. The van der Waals surface area contributed by atoms with Crippen LogP contribution in [-0.4, -0.2) is 45.9 Å². The number of Topliss-reactive ketones (excluding diaryl/α,β-unsaturated/α-hetero) is 1. The van der Waals surface area contributed by atoms with E-state index in [1.165, 1.54) is 19.1 Å². The molecule has 1 atom stereocenters. The van der Waals surface area contributed by atoms with Gasteiger partial charge in [0.15, 0.2) is 0 Å². The van der Waals surface area contributed by atoms with Crippen LogP contribution in [0.25, 0.3) is 5.76 Å². The second kappa shape index (κ2) is 8.89. The lowest BCUT2D eigenvalue weighted by Gasteiger charge is -2.25. The molecule has 8 nitrogen and oxygen atoms in total. The minimum atomic E-state index is -0.838. The van der Waals surface area contributed by atoms with E-state index in [0.29, 0.717) is 22.8 Å². The number of hydrogen-bond donors (Lipinski definition) is 1. The minimum absolute atomic E-state index is 0.0556. The molecule has 0 aliphatic carbocycles. The molecule has 1 amide bonds. The Morgan fingerprint density at radius 3 is 2.25 bits per heavy atom. The van der Waals surface area contributed by atoms with Crippen molar-refractivity contribution in [2.75, 3.05) is 14.2 Å². The van der Waals surface area contributed by atoms with Crippen LogP contribution in [0, 0.1) is 0 Å². The van der Waals surface area contributed by atoms with Crippen LogP contribution in [0.2, 0.25) is 0 Å². The fourth-order valence-corrected chi connectivity index (χ4v) is 3.82. The van der Waals surface area contributed by atoms with Gasteiger partial charge in [0.25, 0.3) is 11.7 Å². The average molecular weight is 431 g/mol. The third-order valence-electron chi connectivity index (χ3n) is 5.28. The molecule has 2 aromatic heterocycles. The summed E-state index contributed by atoms with van der Waals surface area (Å²) in [5.74, 6) is -1.28. The molecule has 0 bridgehead atoms. The van der Waals surface area contributed by atoms with Crippen LogP contribution in [0.1, 0.15) is 22.9 Å². The summed E-state index contributed by atoms with van der Waals surface area (Å²) in [6, 6.07) is 12.9. The zero-order valence-corrected chi connectivity index (χ0v) is 17.6. The number of rotatable bonds is 6. The molecule has 32 heavy (non-hydrogen) atoms. The van der Waals surface area contributed by atoms with E-state index in [0.717, 1.165) is 0 Å². The Kier molecular flexibility index (Phi) is 5.85. The van der Waals surface area contributed by atoms with Gasteiger partial charge < -0.3 is 19.5 Å². The number of methoxy groups -OCH3 is 2. The number of aliphatic hydroxyl groups excluding tert-OH is 1. The molecule has 1 N–H and O–H groups in total. The quantitative estimate of drug-likeness (QED) is 0.363. The van der Waals surface area contributed by atoms with Crippen molar-refractivity contribution in [1.29, 1.82) is 0 Å². The SMILES string of the molecule is COc1cccc(OC)c1/C(O)=C1\C(=O)C(=O)N(Cc2ccccn2)C1c1ccncc1. The van der Waals surface area contributed by atoms with Crippen LogP contribution in [0.3, 0.4) is 0 Å². The normalized spacial score (nSPS) is 17.4. The van der Waals surface area contributed by atoms with Gasteiger partial charge in [0.05, 0.1) is 38.1 Å². The van der Waals surface area contributed by atoms with Crippen molar-refractivity contribution in [1.82, 2.24) is 14.9 Å². The molecule has 1 fully saturated rings. The molecule has 162 valence electrons. The Morgan fingerprint density at radius 1 is 0.969 bits per heavy atom. The Labute approximate surface area is 184 Å². The van der Waals surface area contributed by atoms with E-state index in [4.69, 9.17) is 9.47 Å². The molecular formula is C24H21N3O5. The molecule has 3 aromatic rings. The van der Waals surface area contributed by atoms with E-state index in [2.05, 4.69) is 9.97 Å². The summed E-state index contributed by atoms with van der Waals surface area (Å²) >= 11 is 0. The third kappa shape index (κ3) is 3.66. The van der Waals surface area contributed by atoms with Crippen LogP contribution in [0.4, 0.5) is 0 Å². The standard InChI is InChI=1S/C24H21N3O5/c1-31-17-7-5-8-18(32-2)19(17)22(28)20-21(15-9-12-25-13-10-15)27(24(30)23(20)29)14-16-6-3-4-11-26-16/h3-13,21,28H,14H2,1-2H3/b22-20+. The van der Waals surface area contributed by atoms with Crippen LogP contribution < -0.4 is 9.47 Å². The lowest BCUT2D eigenvalue weighted by atomic mass is 9.95. The van der Waals surface area contributed by atoms with Gasteiger partial charge >= 0.3 is 0 Å². The maximum Gasteiger partial charge on any atom is 0.296 e. The maximum atomic E-state index is 13.2. The second-order valence-corrected chi connectivity index (χ2v) is 7.07. The molecule has 0 spiro atoms. The summed E-state index contributed by atoms with van der Waals surface area (Å²) in [5, 5.41) is 11.3. The zero-order valence-electron chi connectivity index (χ0n) is 17.6. The number of hydrogen-bond acceptors (Lipinski definition) is 7. The van der Waals surface area contributed by atoms with Crippen molar-refractivity contribution in [2.24, 2.45) is 0 Å². The summed E-state index contributed by atoms with van der Waals surface area (Å²) in [6.07, 6.45) is 4.76. The first kappa shape index (κ1) is 21.0. The third-order valence-corrected chi connectivity index (χ3v) is 5.28. The molecule has 4 rings (SSSR count). The lowest BCUT2D eigenvalue weighted by Crippen LogP contribution is -2.29. The number of benzene rings is 1. The molecule has 8 heteroatoms. The highest BCUT2D eigenvalue weighted by atomic mass is 16.5. The van der Waals surface area contributed by atoms with E-state index in [1.54, 1.807) is 67.1 Å². The van der Waals surface area contributed by atoms with Crippen molar-refractivity contribution in [3.05, 3.63) is 89.5 Å². The van der Waals surface area contributed by atoms with Gasteiger partial charge in [-0.1, -0.05) is 12.1 Å². The van der Waals surface area contributed by atoms with Crippen LogP contribution in [-0.2, 0) is 16.1 Å². The Morgan fingerprint density at radius 2 is 1.66 bits per heavy atom. The summed E-state index contributed by atoms with van der Waals surface area (Å²) in [4.78, 5) is 36.0. The van der Waals surface area contributed by atoms with Crippen LogP contribution >= 0.6 is 0 Å². The van der Waals surface area contributed by atoms with Gasteiger partial charge in [-0.2, -0.15) is 0 Å². The molecule has 3 heterocycles. The number of nitrogens with zero attached hydrogens (tertiary/aromatic N) is 3. The number of aliphatic hydroxyl groups is 1. The van der Waals surface area contributed by atoms with E-state index in [-0.39, 0.29) is 23.4 Å². The number of ketones is 1. The molecule has 1 aromatic carbocycles. The molecule has 1 aliphatic heterocycles. The Bertz CT molecular complexity index is 1160. The fourth-order valence-electron chi connectivity index (χ4n) is 3.82. The van der Waals surface area contributed by atoms with Gasteiger partial charge in [-0.15, -0.1) is 0 Å². The average Bonchev–Trinajstić information content (AvgIpc) is 3.09. The summed E-state index contributed by atoms with van der Waals surface area (Å²) < 4.78 is 10.8. The first-order chi connectivity index (χ1) is 15.6. The van der Waals surface area contributed by atoms with Gasteiger partial charge in [-0.05, 0) is 42.0 Å². The second-order valence-electron chi connectivity index (χ2n) is 7.07. The summed E-state index contributed by atoms with van der Waals surface area (Å²) in [5.41, 5.74) is 1.39. The maximum absolute atomic E-state index is 13.2. The summed E-state index contributed by atoms with van der Waals surface area (Å²) in [7, 11) is 2.90. The predicted octanol–water partition coefficient (Wildman–Crippen LogP) is 3.12. The monoisotopic (exact) mass is 431 g/mol. The minimum Gasteiger partial charge on any atom is -0.506 e. The first-order valence-corrected chi connectivity index (χ1v) is 9.86. The van der Waals surface area contributed by atoms with Gasteiger partial charge in [-0.3, -0.25) is 19.6 Å². The molecule has 0 saturated carbocycles. The smallest absolute Gasteiger partial charge is 0.296 e. The van der Waals surface area contributed by atoms with Gasteiger partial charge in [-0.25, -0.2) is 0 Å². The van der Waals surface area contributed by atoms with Crippen LogP contribution in [0.5, 0.6) is 11.5 Å². The van der Waals surface area contributed by atoms with E-state index < -0.39 is 17.7 Å². The van der Waals surface area contributed by atoms with Crippen molar-refractivity contribution in [3.63, 3.8) is 0 Å². The first-order valence-electron chi connectivity index (χ1n) is 9.86. The fraction of sp³-hybridized carbons (Fsp3) is 0.167. The molecule has 1 unspecified atom stereocenters. The van der Waals surface area contributed by atoms with Crippen molar-refractivity contribution in [3.8, 4) is 11.5 Å². The van der Waals surface area contributed by atoms with E-state index in [9.17, 15) is 14.7 Å². The van der Waals surface area contributed by atoms with Crippen LogP contribution in [0.15, 0.2) is 72.7 Å². The number of carbonyl (C=O) groups is 2. The number of pyridine rings is 2. The topological polar surface area (TPSA) is 102 Å². The lowest BCUT2D eigenvalue weighted by molar-refractivity contribution is -0.140. The number of amides is 1. The van der Waals surface area contributed by atoms with Gasteiger partial charge in [0, 0.05) is 18.6 Å². The number of carbonyl (C=O) groups excluding carboxylic acids is 2. The molecule has 0 radical (unpaired) electrons. The van der Waals surface area contributed by atoms with Gasteiger partial charge in [0.2, 0.25) is 0 Å². The Balaban J connectivity index is 1.92. The number of ether oxygens (including phenoxy) is 2. The van der Waals surface area contributed by atoms with Crippen molar-refractivity contribution >= 4 is 17.4 Å². The molecule has 1 aliphatic rings. The molecule has 1 saturated heterocycles. The van der Waals surface area contributed by atoms with E-state index >= 15 is 0 Å². The van der Waals surface area contributed by atoms with Crippen molar-refractivity contribution < 1.29 is 24.2 Å². The zero-order chi connectivity index (χ0) is 22.7. The highest BCUT2D eigenvalue weighted by Crippen LogP contribution is 2.43. The highest BCUT2D eigenvalue weighted by molar-refractivity contribution is 6.46. The number of likely N-dealkylation sites (tertiary alicyclic amines) is 1. The number of aromatic nitrogens is 2. The van der Waals surface area contributed by atoms with Crippen molar-refractivity contribution in [2.45, 2.75) is 12.6 Å². The predicted molar refractivity (Wildman–Crippen MR) is 116 cm³/mol. The summed E-state index contributed by atoms with van der Waals surface area (Å²) in [6.45, 7) is 0.0955. The molecular weight excluding hydrogens is 410 g/mol. The largest absolute Gasteiger partial charge is 0.506 e. The Hall–Kier alpha value is -4.20.